The number of hydrogen-bond donors (Lipinski definition) is 1. The highest BCUT2D eigenvalue weighted by molar-refractivity contribution is 5.95. The number of carbonyl (C=O) groups is 2. The zero-order chi connectivity index (χ0) is 20.8. The molecule has 0 saturated carbocycles. The molecule has 154 valence electrons. The van der Waals surface area contributed by atoms with Crippen molar-refractivity contribution in [1.29, 1.82) is 0 Å². The van der Waals surface area contributed by atoms with E-state index in [1.165, 1.54) is 6.33 Å². The summed E-state index contributed by atoms with van der Waals surface area (Å²) >= 11 is 0. The van der Waals surface area contributed by atoms with Gasteiger partial charge >= 0.3 is 0 Å². The molecule has 8 heteroatoms. The second-order valence-electron chi connectivity index (χ2n) is 7.07. The molecule has 2 heterocycles. The number of rotatable bonds is 8. The third-order valence-corrected chi connectivity index (χ3v) is 4.99. The Bertz CT molecular complexity index is 1000. The Morgan fingerprint density at radius 2 is 1.90 bits per heavy atom. The molecular formula is C22H23N5O3. The maximum absolute atomic E-state index is 12.2. The average Bonchev–Trinajstić information content (AvgIpc) is 3.44. The number of benzene rings is 2. The lowest BCUT2D eigenvalue weighted by atomic mass is 10.1. The van der Waals surface area contributed by atoms with E-state index in [0.29, 0.717) is 25.3 Å². The van der Waals surface area contributed by atoms with E-state index in [9.17, 15) is 9.59 Å². The molecule has 1 saturated heterocycles. The molecule has 1 aliphatic heterocycles. The highest BCUT2D eigenvalue weighted by Gasteiger charge is 2.21. The summed E-state index contributed by atoms with van der Waals surface area (Å²) in [6, 6.07) is 15.1. The van der Waals surface area contributed by atoms with Crippen LogP contribution in [0.5, 0.6) is 5.75 Å². The molecule has 1 aromatic heterocycles. The summed E-state index contributed by atoms with van der Waals surface area (Å²) in [5.74, 6) is 0.531. The van der Waals surface area contributed by atoms with Gasteiger partial charge in [-0.15, -0.1) is 0 Å². The summed E-state index contributed by atoms with van der Waals surface area (Å²) in [4.78, 5) is 29.8. The number of hydrogen-bond acceptors (Lipinski definition) is 5. The molecule has 1 aliphatic rings. The number of amides is 2. The number of carbonyl (C=O) groups excluding carboxylic acids is 2. The molecule has 4 rings (SSSR count). The van der Waals surface area contributed by atoms with Gasteiger partial charge < -0.3 is 15.0 Å². The van der Waals surface area contributed by atoms with Crippen molar-refractivity contribution in [2.45, 2.75) is 25.9 Å². The largest absolute Gasteiger partial charge is 0.484 e. The van der Waals surface area contributed by atoms with E-state index >= 15 is 0 Å². The summed E-state index contributed by atoms with van der Waals surface area (Å²) in [6.07, 6.45) is 4.64. The van der Waals surface area contributed by atoms with Gasteiger partial charge in [0.1, 0.15) is 18.4 Å². The van der Waals surface area contributed by atoms with Crippen LogP contribution < -0.4 is 15.0 Å². The summed E-state index contributed by atoms with van der Waals surface area (Å²) in [5.41, 5.74) is 2.94. The molecule has 2 aromatic carbocycles. The summed E-state index contributed by atoms with van der Waals surface area (Å²) in [7, 11) is 0. The lowest BCUT2D eigenvalue weighted by Crippen LogP contribution is -2.29. The van der Waals surface area contributed by atoms with E-state index in [0.717, 1.165) is 29.8 Å². The number of ether oxygens (including phenoxy) is 1. The third kappa shape index (κ3) is 4.83. The van der Waals surface area contributed by atoms with Crippen LogP contribution in [0, 0.1) is 0 Å². The van der Waals surface area contributed by atoms with Gasteiger partial charge in [-0.2, -0.15) is 5.10 Å². The first-order chi connectivity index (χ1) is 14.7. The van der Waals surface area contributed by atoms with E-state index in [-0.39, 0.29) is 18.4 Å². The molecule has 0 radical (unpaired) electrons. The van der Waals surface area contributed by atoms with Crippen LogP contribution in [-0.2, 0) is 22.7 Å². The Morgan fingerprint density at radius 3 is 2.60 bits per heavy atom. The fourth-order valence-electron chi connectivity index (χ4n) is 3.41. The highest BCUT2D eigenvalue weighted by atomic mass is 16.5. The van der Waals surface area contributed by atoms with Crippen LogP contribution in [0.15, 0.2) is 61.2 Å². The number of nitrogens with one attached hydrogen (secondary N) is 1. The molecule has 30 heavy (non-hydrogen) atoms. The SMILES string of the molecule is O=C(COc1ccc(N2CCCC2=O)cc1)NCc1ccccc1Cn1cncn1. The molecule has 2 amide bonds. The second kappa shape index (κ2) is 9.21. The van der Waals surface area contributed by atoms with Crippen LogP contribution in [0.25, 0.3) is 0 Å². The smallest absolute Gasteiger partial charge is 0.258 e. The number of aromatic nitrogens is 3. The van der Waals surface area contributed by atoms with E-state index < -0.39 is 0 Å². The van der Waals surface area contributed by atoms with Crippen molar-refractivity contribution in [3.63, 3.8) is 0 Å². The summed E-state index contributed by atoms with van der Waals surface area (Å²) < 4.78 is 7.32. The summed E-state index contributed by atoms with van der Waals surface area (Å²) in [6.45, 7) is 1.67. The van der Waals surface area contributed by atoms with Gasteiger partial charge in [0.25, 0.3) is 5.91 Å². The zero-order valence-corrected chi connectivity index (χ0v) is 16.5. The normalized spacial score (nSPS) is 13.5. The van der Waals surface area contributed by atoms with Crippen molar-refractivity contribution in [3.05, 3.63) is 72.3 Å². The van der Waals surface area contributed by atoms with Crippen LogP contribution >= 0.6 is 0 Å². The molecule has 0 bridgehead atoms. The molecule has 1 N–H and O–H groups in total. The monoisotopic (exact) mass is 405 g/mol. The van der Waals surface area contributed by atoms with Crippen molar-refractivity contribution in [1.82, 2.24) is 20.1 Å². The van der Waals surface area contributed by atoms with Crippen LogP contribution in [0.2, 0.25) is 0 Å². The van der Waals surface area contributed by atoms with Gasteiger partial charge in [0.05, 0.1) is 6.54 Å². The minimum Gasteiger partial charge on any atom is -0.484 e. The van der Waals surface area contributed by atoms with Crippen molar-refractivity contribution in [2.24, 2.45) is 0 Å². The maximum Gasteiger partial charge on any atom is 0.258 e. The van der Waals surface area contributed by atoms with Gasteiger partial charge in [0.15, 0.2) is 6.61 Å². The van der Waals surface area contributed by atoms with Gasteiger partial charge in [-0.1, -0.05) is 24.3 Å². The Hall–Kier alpha value is -3.68. The van der Waals surface area contributed by atoms with Crippen molar-refractivity contribution < 1.29 is 14.3 Å². The average molecular weight is 405 g/mol. The molecular weight excluding hydrogens is 382 g/mol. The number of anilines is 1. The second-order valence-corrected chi connectivity index (χ2v) is 7.07. The fourth-order valence-corrected chi connectivity index (χ4v) is 3.41. The first kappa shape index (κ1) is 19.6. The van der Waals surface area contributed by atoms with E-state index in [2.05, 4.69) is 15.4 Å². The molecule has 0 aliphatic carbocycles. The number of nitrogens with zero attached hydrogens (tertiary/aromatic N) is 4. The van der Waals surface area contributed by atoms with E-state index in [4.69, 9.17) is 4.74 Å². The van der Waals surface area contributed by atoms with Crippen molar-refractivity contribution in [2.75, 3.05) is 18.1 Å². The standard InChI is InChI=1S/C22H23N5O3/c28-21(14-30-20-9-7-19(8-10-20)27-11-3-6-22(27)29)24-12-17-4-1-2-5-18(17)13-26-16-23-15-25-26/h1-2,4-5,7-10,15-16H,3,6,11-14H2,(H,24,28). The first-order valence-corrected chi connectivity index (χ1v) is 9.88. The van der Waals surface area contributed by atoms with E-state index in [1.54, 1.807) is 28.0 Å². The topological polar surface area (TPSA) is 89.4 Å². The molecule has 0 unspecified atom stereocenters. The Morgan fingerprint density at radius 1 is 1.10 bits per heavy atom. The fraction of sp³-hybridized carbons (Fsp3) is 0.273. The predicted octanol–water partition coefficient (Wildman–Crippen LogP) is 2.15. The zero-order valence-electron chi connectivity index (χ0n) is 16.5. The Balaban J connectivity index is 1.27. The lowest BCUT2D eigenvalue weighted by molar-refractivity contribution is -0.123. The third-order valence-electron chi connectivity index (χ3n) is 4.99. The van der Waals surface area contributed by atoms with Gasteiger partial charge in [0.2, 0.25) is 5.91 Å². The molecule has 3 aromatic rings. The van der Waals surface area contributed by atoms with E-state index in [1.807, 2.05) is 36.4 Å². The van der Waals surface area contributed by atoms with Crippen molar-refractivity contribution >= 4 is 17.5 Å². The Kier molecular flexibility index (Phi) is 6.03. The molecule has 0 spiro atoms. The van der Waals surface area contributed by atoms with Crippen LogP contribution in [0.4, 0.5) is 5.69 Å². The minimum atomic E-state index is -0.204. The predicted molar refractivity (Wildman–Crippen MR) is 111 cm³/mol. The quantitative estimate of drug-likeness (QED) is 0.620. The van der Waals surface area contributed by atoms with Crippen LogP contribution in [0.3, 0.4) is 0 Å². The van der Waals surface area contributed by atoms with Gasteiger partial charge in [0, 0.05) is 25.2 Å². The first-order valence-electron chi connectivity index (χ1n) is 9.88. The summed E-state index contributed by atoms with van der Waals surface area (Å²) in [5, 5.41) is 7.01. The lowest BCUT2D eigenvalue weighted by Gasteiger charge is -2.16. The van der Waals surface area contributed by atoms with Crippen LogP contribution in [0.1, 0.15) is 24.0 Å². The van der Waals surface area contributed by atoms with Gasteiger partial charge in [-0.25, -0.2) is 9.67 Å². The highest BCUT2D eigenvalue weighted by Crippen LogP contribution is 2.23. The molecule has 8 nitrogen and oxygen atoms in total. The van der Waals surface area contributed by atoms with Crippen molar-refractivity contribution in [3.8, 4) is 5.75 Å². The van der Waals surface area contributed by atoms with Crippen LogP contribution in [-0.4, -0.2) is 39.7 Å². The van der Waals surface area contributed by atoms with Gasteiger partial charge in [-0.05, 0) is 41.8 Å². The Labute approximate surface area is 174 Å². The minimum absolute atomic E-state index is 0.0762. The molecule has 0 atom stereocenters. The maximum atomic E-state index is 12.2. The molecule has 1 fully saturated rings. The van der Waals surface area contributed by atoms with Gasteiger partial charge in [-0.3, -0.25) is 9.59 Å².